The minimum absolute atomic E-state index is 0.307. The monoisotopic (exact) mass is 232 g/mol. The molecule has 14 heavy (non-hydrogen) atoms. The Bertz CT molecular complexity index is 438. The largest absolute Gasteiger partial charge is 0.332 e. The summed E-state index contributed by atoms with van der Waals surface area (Å²) in [7, 11) is -4.64. The SMILES string of the molecule is O=S(=O)(F)c1ccccc1C=CCS. The topological polar surface area (TPSA) is 34.1 Å². The van der Waals surface area contributed by atoms with Gasteiger partial charge in [0.1, 0.15) is 4.90 Å². The van der Waals surface area contributed by atoms with Gasteiger partial charge in [-0.05, 0) is 11.6 Å². The van der Waals surface area contributed by atoms with Crippen molar-refractivity contribution in [2.45, 2.75) is 4.90 Å². The zero-order valence-corrected chi connectivity index (χ0v) is 8.93. The minimum Gasteiger partial charge on any atom is -0.189 e. The molecule has 0 bridgehead atoms. The summed E-state index contributed by atoms with van der Waals surface area (Å²) in [6, 6.07) is 5.89. The molecule has 76 valence electrons. The van der Waals surface area contributed by atoms with Crippen LogP contribution in [0.4, 0.5) is 3.89 Å². The number of hydrogen-bond donors (Lipinski definition) is 1. The van der Waals surface area contributed by atoms with E-state index in [2.05, 4.69) is 12.6 Å². The highest BCUT2D eigenvalue weighted by Crippen LogP contribution is 2.18. The van der Waals surface area contributed by atoms with Crippen molar-refractivity contribution in [3.05, 3.63) is 35.9 Å². The molecule has 0 atom stereocenters. The summed E-state index contributed by atoms with van der Waals surface area (Å²) in [5.41, 5.74) is 0.337. The minimum atomic E-state index is -4.64. The molecule has 0 heterocycles. The van der Waals surface area contributed by atoms with Gasteiger partial charge in [-0.3, -0.25) is 0 Å². The summed E-state index contributed by atoms with van der Waals surface area (Å²) in [5.74, 6) is 0.473. The van der Waals surface area contributed by atoms with Crippen molar-refractivity contribution in [3.8, 4) is 0 Å². The van der Waals surface area contributed by atoms with Gasteiger partial charge in [0, 0.05) is 5.75 Å². The molecule has 0 aliphatic heterocycles. The Morgan fingerprint density at radius 2 is 2.00 bits per heavy atom. The summed E-state index contributed by atoms with van der Waals surface area (Å²) < 4.78 is 34.1. The zero-order chi connectivity index (χ0) is 10.6. The molecule has 0 amide bonds. The van der Waals surface area contributed by atoms with Gasteiger partial charge in [0.25, 0.3) is 0 Å². The number of halogens is 1. The highest BCUT2D eigenvalue weighted by molar-refractivity contribution is 7.86. The molecule has 1 aromatic carbocycles. The van der Waals surface area contributed by atoms with Gasteiger partial charge in [-0.2, -0.15) is 21.0 Å². The van der Waals surface area contributed by atoms with Gasteiger partial charge in [-0.1, -0.05) is 30.4 Å². The average molecular weight is 232 g/mol. The van der Waals surface area contributed by atoms with Gasteiger partial charge in [0.2, 0.25) is 0 Å². The van der Waals surface area contributed by atoms with E-state index in [4.69, 9.17) is 0 Å². The van der Waals surface area contributed by atoms with Gasteiger partial charge < -0.3 is 0 Å². The molecule has 5 heteroatoms. The van der Waals surface area contributed by atoms with Crippen molar-refractivity contribution >= 4 is 28.9 Å². The van der Waals surface area contributed by atoms with E-state index < -0.39 is 10.2 Å². The van der Waals surface area contributed by atoms with Crippen LogP contribution < -0.4 is 0 Å². The Hall–Kier alpha value is -0.810. The predicted molar refractivity (Wildman–Crippen MR) is 57.6 cm³/mol. The van der Waals surface area contributed by atoms with Crippen LogP contribution in [0.25, 0.3) is 6.08 Å². The first-order valence-electron chi connectivity index (χ1n) is 3.87. The second-order valence-corrected chi connectivity index (χ2v) is 4.24. The van der Waals surface area contributed by atoms with Crippen molar-refractivity contribution < 1.29 is 12.3 Å². The third-order valence-corrected chi connectivity index (χ3v) is 2.69. The fraction of sp³-hybridized carbons (Fsp3) is 0.111. The Morgan fingerprint density at radius 1 is 1.36 bits per heavy atom. The summed E-state index contributed by atoms with van der Waals surface area (Å²) in [6.07, 6.45) is 3.17. The lowest BCUT2D eigenvalue weighted by Crippen LogP contribution is -1.94. The molecular weight excluding hydrogens is 223 g/mol. The highest BCUT2D eigenvalue weighted by atomic mass is 32.3. The van der Waals surface area contributed by atoms with Crippen LogP contribution in [0.15, 0.2) is 35.2 Å². The number of rotatable bonds is 3. The van der Waals surface area contributed by atoms with E-state index in [1.807, 2.05) is 0 Å². The van der Waals surface area contributed by atoms with Crippen LogP contribution in [0.2, 0.25) is 0 Å². The lowest BCUT2D eigenvalue weighted by atomic mass is 10.2. The maximum Gasteiger partial charge on any atom is 0.332 e. The number of benzene rings is 1. The van der Waals surface area contributed by atoms with E-state index in [-0.39, 0.29) is 4.90 Å². The molecule has 2 nitrogen and oxygen atoms in total. The number of thiol groups is 1. The first-order chi connectivity index (χ1) is 6.55. The lowest BCUT2D eigenvalue weighted by Gasteiger charge is -1.99. The molecule has 0 saturated carbocycles. The molecule has 0 unspecified atom stereocenters. The van der Waals surface area contributed by atoms with Crippen molar-refractivity contribution in [1.82, 2.24) is 0 Å². The van der Waals surface area contributed by atoms with E-state index in [9.17, 15) is 12.3 Å². The second kappa shape index (κ2) is 4.61. The van der Waals surface area contributed by atoms with Crippen LogP contribution in [-0.2, 0) is 10.2 Å². The van der Waals surface area contributed by atoms with Crippen LogP contribution in [0, 0.1) is 0 Å². The standard InChI is InChI=1S/C9H9FO2S2/c10-14(11,12)9-6-2-1-4-8(9)5-3-7-13/h1-6,13H,7H2. The van der Waals surface area contributed by atoms with E-state index in [1.54, 1.807) is 12.1 Å². The van der Waals surface area contributed by atoms with Gasteiger partial charge in [-0.15, -0.1) is 3.89 Å². The second-order valence-electron chi connectivity index (χ2n) is 2.56. The van der Waals surface area contributed by atoms with Crippen LogP contribution >= 0.6 is 12.6 Å². The van der Waals surface area contributed by atoms with Crippen LogP contribution in [0.3, 0.4) is 0 Å². The maximum absolute atomic E-state index is 12.7. The fourth-order valence-electron chi connectivity index (χ4n) is 1.02. The Labute approximate surface area is 88.1 Å². The number of hydrogen-bond acceptors (Lipinski definition) is 3. The quantitative estimate of drug-likeness (QED) is 0.641. The first-order valence-corrected chi connectivity index (χ1v) is 5.88. The maximum atomic E-state index is 12.7. The van der Waals surface area contributed by atoms with E-state index in [0.717, 1.165) is 0 Å². The fourth-order valence-corrected chi connectivity index (χ4v) is 1.78. The van der Waals surface area contributed by atoms with Crippen LogP contribution in [0.5, 0.6) is 0 Å². The first kappa shape index (κ1) is 11.3. The van der Waals surface area contributed by atoms with Gasteiger partial charge in [0.05, 0.1) is 0 Å². The van der Waals surface area contributed by atoms with Gasteiger partial charge >= 0.3 is 10.2 Å². The molecule has 0 aromatic heterocycles. The van der Waals surface area contributed by atoms with E-state index in [0.29, 0.717) is 11.3 Å². The summed E-state index contributed by atoms with van der Waals surface area (Å²) >= 11 is 3.93. The average Bonchev–Trinajstić information content (AvgIpc) is 2.14. The molecule has 0 N–H and O–H groups in total. The van der Waals surface area contributed by atoms with E-state index >= 15 is 0 Å². The smallest absolute Gasteiger partial charge is 0.189 e. The summed E-state index contributed by atoms with van der Waals surface area (Å²) in [4.78, 5) is -0.307. The Morgan fingerprint density at radius 3 is 2.57 bits per heavy atom. The van der Waals surface area contributed by atoms with Crippen molar-refractivity contribution in [2.24, 2.45) is 0 Å². The van der Waals surface area contributed by atoms with Crippen LogP contribution in [0.1, 0.15) is 5.56 Å². The Balaban J connectivity index is 3.24. The van der Waals surface area contributed by atoms with E-state index in [1.165, 1.54) is 24.3 Å². The predicted octanol–water partition coefficient (Wildman–Crippen LogP) is 2.29. The molecule has 1 rings (SSSR count). The molecule has 0 fully saturated rings. The van der Waals surface area contributed by atoms with Gasteiger partial charge in [-0.25, -0.2) is 0 Å². The molecular formula is C9H9FO2S2. The molecule has 0 aliphatic rings. The third-order valence-electron chi connectivity index (χ3n) is 1.58. The van der Waals surface area contributed by atoms with Crippen molar-refractivity contribution in [1.29, 1.82) is 0 Å². The molecule has 0 aliphatic carbocycles. The normalized spacial score (nSPS) is 12.1. The van der Waals surface area contributed by atoms with Crippen molar-refractivity contribution in [3.63, 3.8) is 0 Å². The zero-order valence-electron chi connectivity index (χ0n) is 7.22. The molecule has 0 spiro atoms. The van der Waals surface area contributed by atoms with Gasteiger partial charge in [0.15, 0.2) is 0 Å². The molecule has 0 saturated heterocycles. The lowest BCUT2D eigenvalue weighted by molar-refractivity contribution is 0.552. The summed E-state index contributed by atoms with van der Waals surface area (Å²) in [5, 5.41) is 0. The third kappa shape index (κ3) is 2.85. The van der Waals surface area contributed by atoms with Crippen molar-refractivity contribution in [2.75, 3.05) is 5.75 Å². The highest BCUT2D eigenvalue weighted by Gasteiger charge is 2.14. The van der Waals surface area contributed by atoms with Crippen LogP contribution in [-0.4, -0.2) is 14.2 Å². The Kier molecular flexibility index (Phi) is 3.71. The molecule has 0 radical (unpaired) electrons. The molecule has 1 aromatic rings. The summed E-state index contributed by atoms with van der Waals surface area (Å²) in [6.45, 7) is 0.